The minimum Gasteiger partial charge on any atom is -0.368 e. The summed E-state index contributed by atoms with van der Waals surface area (Å²) >= 11 is 11.4. The standard InChI is InChI=1S/C5H3Cl2N5/c6-2-1-3(7)11-12-4(1)10-5(8)9-2/h(H3,8,9,10,11,12). The molecule has 0 radical (unpaired) electrons. The Morgan fingerprint density at radius 1 is 1.17 bits per heavy atom. The fourth-order valence-corrected chi connectivity index (χ4v) is 1.41. The van der Waals surface area contributed by atoms with Crippen LogP contribution in [0.15, 0.2) is 0 Å². The van der Waals surface area contributed by atoms with Gasteiger partial charge < -0.3 is 5.73 Å². The largest absolute Gasteiger partial charge is 0.368 e. The van der Waals surface area contributed by atoms with Gasteiger partial charge in [0.25, 0.3) is 0 Å². The van der Waals surface area contributed by atoms with Crippen molar-refractivity contribution in [3.63, 3.8) is 0 Å². The molecule has 0 spiro atoms. The number of fused-ring (bicyclic) bond motifs is 1. The zero-order valence-electron chi connectivity index (χ0n) is 5.67. The number of H-pyrrole nitrogens is 1. The monoisotopic (exact) mass is 203 g/mol. The number of nitrogens with two attached hydrogens (primary N) is 1. The SMILES string of the molecule is Nc1nc(Cl)c2c(Cl)n[nH]c2n1. The summed E-state index contributed by atoms with van der Waals surface area (Å²) in [6, 6.07) is 0. The van der Waals surface area contributed by atoms with Crippen molar-refractivity contribution in [1.82, 2.24) is 20.2 Å². The van der Waals surface area contributed by atoms with E-state index >= 15 is 0 Å². The third kappa shape index (κ3) is 0.981. The van der Waals surface area contributed by atoms with Gasteiger partial charge in [0.05, 0.1) is 5.39 Å². The molecule has 0 aromatic carbocycles. The number of nitrogen functional groups attached to an aromatic ring is 1. The van der Waals surface area contributed by atoms with Gasteiger partial charge in [-0.2, -0.15) is 10.1 Å². The molecule has 0 unspecified atom stereocenters. The second kappa shape index (κ2) is 2.46. The molecule has 0 bridgehead atoms. The second-order valence-corrected chi connectivity index (χ2v) is 2.83. The van der Waals surface area contributed by atoms with Gasteiger partial charge in [-0.05, 0) is 0 Å². The number of hydrogen-bond acceptors (Lipinski definition) is 4. The van der Waals surface area contributed by atoms with E-state index < -0.39 is 0 Å². The molecule has 5 nitrogen and oxygen atoms in total. The maximum absolute atomic E-state index is 5.73. The lowest BCUT2D eigenvalue weighted by atomic mass is 10.4. The summed E-state index contributed by atoms with van der Waals surface area (Å²) in [5.74, 6) is 0.0906. The van der Waals surface area contributed by atoms with Gasteiger partial charge in [-0.25, -0.2) is 4.98 Å². The number of anilines is 1. The average molecular weight is 204 g/mol. The van der Waals surface area contributed by atoms with Gasteiger partial charge in [0.2, 0.25) is 5.95 Å². The third-order valence-corrected chi connectivity index (χ3v) is 1.90. The van der Waals surface area contributed by atoms with Gasteiger partial charge in [0, 0.05) is 0 Å². The van der Waals surface area contributed by atoms with E-state index in [9.17, 15) is 0 Å². The molecule has 0 aliphatic carbocycles. The molecule has 3 N–H and O–H groups in total. The van der Waals surface area contributed by atoms with E-state index in [1.165, 1.54) is 0 Å². The molecule has 0 saturated carbocycles. The van der Waals surface area contributed by atoms with Crippen molar-refractivity contribution in [2.75, 3.05) is 5.73 Å². The summed E-state index contributed by atoms with van der Waals surface area (Å²) in [6.45, 7) is 0. The first-order valence-corrected chi connectivity index (χ1v) is 3.76. The van der Waals surface area contributed by atoms with Gasteiger partial charge >= 0.3 is 0 Å². The highest BCUT2D eigenvalue weighted by molar-refractivity contribution is 6.40. The number of halogens is 2. The van der Waals surface area contributed by atoms with Crippen LogP contribution >= 0.6 is 23.2 Å². The van der Waals surface area contributed by atoms with Crippen molar-refractivity contribution in [3.8, 4) is 0 Å². The van der Waals surface area contributed by atoms with Gasteiger partial charge in [0.1, 0.15) is 5.15 Å². The van der Waals surface area contributed by atoms with Crippen LogP contribution in [0.5, 0.6) is 0 Å². The van der Waals surface area contributed by atoms with Crippen LogP contribution < -0.4 is 5.73 Å². The van der Waals surface area contributed by atoms with E-state index in [2.05, 4.69) is 20.2 Å². The Balaban J connectivity index is 2.93. The Morgan fingerprint density at radius 2 is 1.92 bits per heavy atom. The van der Waals surface area contributed by atoms with E-state index in [1.807, 2.05) is 0 Å². The normalized spacial score (nSPS) is 10.8. The van der Waals surface area contributed by atoms with Gasteiger partial charge in [-0.15, -0.1) is 0 Å². The number of nitrogens with zero attached hydrogens (tertiary/aromatic N) is 3. The van der Waals surface area contributed by atoms with Crippen molar-refractivity contribution in [2.24, 2.45) is 0 Å². The lowest BCUT2D eigenvalue weighted by Gasteiger charge is -1.93. The van der Waals surface area contributed by atoms with Crippen molar-refractivity contribution >= 4 is 40.2 Å². The van der Waals surface area contributed by atoms with Crippen LogP contribution in [0.2, 0.25) is 10.3 Å². The molecule has 2 heterocycles. The Kier molecular flexibility index (Phi) is 1.55. The Labute approximate surface area is 76.9 Å². The zero-order chi connectivity index (χ0) is 8.72. The molecule has 2 aromatic rings. The zero-order valence-corrected chi connectivity index (χ0v) is 7.19. The van der Waals surface area contributed by atoms with Crippen LogP contribution in [0.1, 0.15) is 0 Å². The lowest BCUT2D eigenvalue weighted by molar-refractivity contribution is 1.09. The second-order valence-electron chi connectivity index (χ2n) is 2.11. The highest BCUT2D eigenvalue weighted by Crippen LogP contribution is 2.25. The first-order chi connectivity index (χ1) is 5.68. The fraction of sp³-hybridized carbons (Fsp3) is 0. The molecule has 0 aliphatic rings. The summed E-state index contributed by atoms with van der Waals surface area (Å²) in [6.07, 6.45) is 0. The number of nitrogens with one attached hydrogen (secondary N) is 1. The molecule has 12 heavy (non-hydrogen) atoms. The van der Waals surface area contributed by atoms with E-state index in [1.54, 1.807) is 0 Å². The highest BCUT2D eigenvalue weighted by atomic mass is 35.5. The van der Waals surface area contributed by atoms with E-state index in [0.717, 1.165) is 0 Å². The van der Waals surface area contributed by atoms with Gasteiger partial charge in [-0.1, -0.05) is 23.2 Å². The Bertz CT molecular complexity index is 437. The molecule has 2 aromatic heterocycles. The van der Waals surface area contributed by atoms with Gasteiger partial charge in [0.15, 0.2) is 10.8 Å². The van der Waals surface area contributed by atoms with Crippen LogP contribution in [-0.4, -0.2) is 20.2 Å². The highest BCUT2D eigenvalue weighted by Gasteiger charge is 2.10. The van der Waals surface area contributed by atoms with Crippen molar-refractivity contribution in [1.29, 1.82) is 0 Å². The molecule has 0 atom stereocenters. The average Bonchev–Trinajstić information content (AvgIpc) is 2.31. The topological polar surface area (TPSA) is 80.5 Å². The quantitative estimate of drug-likeness (QED) is 0.632. The Hall–Kier alpha value is -1.07. The summed E-state index contributed by atoms with van der Waals surface area (Å²) in [4.78, 5) is 7.56. The molecule has 0 aliphatic heterocycles. The van der Waals surface area contributed by atoms with Gasteiger partial charge in [-0.3, -0.25) is 5.10 Å². The molecule has 0 saturated heterocycles. The van der Waals surface area contributed by atoms with Crippen LogP contribution in [0.25, 0.3) is 11.0 Å². The molecular formula is C5H3Cl2N5. The van der Waals surface area contributed by atoms with Crippen LogP contribution in [0.3, 0.4) is 0 Å². The predicted octanol–water partition coefficient (Wildman–Crippen LogP) is 1.24. The van der Waals surface area contributed by atoms with Crippen molar-refractivity contribution in [2.45, 2.75) is 0 Å². The molecule has 62 valence electrons. The summed E-state index contributed by atoms with van der Waals surface area (Å²) in [7, 11) is 0. The van der Waals surface area contributed by atoms with Crippen LogP contribution in [0.4, 0.5) is 5.95 Å². The smallest absolute Gasteiger partial charge is 0.223 e. The maximum Gasteiger partial charge on any atom is 0.223 e. The van der Waals surface area contributed by atoms with Crippen LogP contribution in [-0.2, 0) is 0 Å². The van der Waals surface area contributed by atoms with Crippen molar-refractivity contribution < 1.29 is 0 Å². The van der Waals surface area contributed by atoms with Crippen molar-refractivity contribution in [3.05, 3.63) is 10.3 Å². The van der Waals surface area contributed by atoms with E-state index in [0.29, 0.717) is 11.0 Å². The maximum atomic E-state index is 5.73. The minimum absolute atomic E-state index is 0.0906. The van der Waals surface area contributed by atoms with E-state index in [-0.39, 0.29) is 16.3 Å². The first-order valence-electron chi connectivity index (χ1n) is 3.01. The Morgan fingerprint density at radius 3 is 2.67 bits per heavy atom. The summed E-state index contributed by atoms with van der Waals surface area (Å²) < 4.78 is 0. The van der Waals surface area contributed by atoms with E-state index in [4.69, 9.17) is 28.9 Å². The number of hydrogen-bond donors (Lipinski definition) is 2. The first kappa shape index (κ1) is 7.57. The predicted molar refractivity (Wildman–Crippen MR) is 46.1 cm³/mol. The number of rotatable bonds is 0. The molecule has 0 fully saturated rings. The lowest BCUT2D eigenvalue weighted by Crippen LogP contribution is -1.94. The molecule has 2 rings (SSSR count). The number of aromatic amines is 1. The molecule has 7 heteroatoms. The third-order valence-electron chi connectivity index (χ3n) is 1.35. The van der Waals surface area contributed by atoms with Crippen LogP contribution in [0, 0.1) is 0 Å². The molecule has 0 amide bonds. The molecular weight excluding hydrogens is 201 g/mol. The summed E-state index contributed by atoms with van der Waals surface area (Å²) in [5, 5.41) is 7.21. The minimum atomic E-state index is 0.0906. The summed E-state index contributed by atoms with van der Waals surface area (Å²) in [5.41, 5.74) is 5.78. The number of aromatic nitrogens is 4. The fourth-order valence-electron chi connectivity index (χ4n) is 0.871.